The first kappa shape index (κ1) is 26.0. The maximum absolute atomic E-state index is 12.7. The van der Waals surface area contributed by atoms with Crippen LogP contribution in [-0.4, -0.2) is 17.9 Å². The van der Waals surface area contributed by atoms with Crippen molar-refractivity contribution in [3.63, 3.8) is 0 Å². The molecule has 0 bridgehead atoms. The average Bonchev–Trinajstić information content (AvgIpc) is 2.78. The van der Waals surface area contributed by atoms with E-state index in [1.807, 2.05) is 48.5 Å². The van der Waals surface area contributed by atoms with E-state index in [2.05, 4.69) is 52.2 Å². The summed E-state index contributed by atoms with van der Waals surface area (Å²) in [5, 5.41) is 5.75. The predicted molar refractivity (Wildman–Crippen MR) is 143 cm³/mol. The van der Waals surface area contributed by atoms with Crippen molar-refractivity contribution in [2.24, 2.45) is 0 Å². The van der Waals surface area contributed by atoms with Gasteiger partial charge in [0.05, 0.1) is 0 Å². The van der Waals surface area contributed by atoms with Crippen molar-refractivity contribution in [2.45, 2.75) is 65.4 Å². The third kappa shape index (κ3) is 7.19. The average molecular weight is 473 g/mol. The zero-order valence-electron chi connectivity index (χ0n) is 21.7. The Hall–Kier alpha value is -3.60. The highest BCUT2D eigenvalue weighted by atomic mass is 16.5. The zero-order chi connectivity index (χ0) is 25.8. The van der Waals surface area contributed by atoms with Gasteiger partial charge < -0.3 is 15.4 Å². The molecule has 35 heavy (non-hydrogen) atoms. The molecule has 0 aliphatic rings. The molecule has 3 aromatic rings. The molecular weight excluding hydrogens is 436 g/mol. The first-order chi connectivity index (χ1) is 16.3. The van der Waals surface area contributed by atoms with Crippen LogP contribution in [-0.2, 0) is 15.6 Å². The minimum Gasteiger partial charge on any atom is -0.481 e. The second-order valence-corrected chi connectivity index (χ2v) is 10.9. The summed E-state index contributed by atoms with van der Waals surface area (Å²) in [6, 6.07) is 22.5. The summed E-state index contributed by atoms with van der Waals surface area (Å²) in [6.45, 7) is 14.6. The molecular formula is C30H36N2O3. The smallest absolute Gasteiger partial charge is 0.265 e. The van der Waals surface area contributed by atoms with Gasteiger partial charge in [-0.05, 0) is 71.3 Å². The number of nitrogens with one attached hydrogen (secondary N) is 2. The summed E-state index contributed by atoms with van der Waals surface area (Å²) in [5.74, 6) is 0.162. The summed E-state index contributed by atoms with van der Waals surface area (Å²) < 4.78 is 5.82. The standard InChI is InChI=1S/C30H36N2O3/c1-20(35-26-17-15-23(16-18-26)30(5,6)7)27(33)31-24-9-8-10-25(19-24)32-28(34)21-11-13-22(14-12-21)29(2,3)4/h8-20H,1-7H3,(H,31,33)(H,32,34)/t20-/m1/s1. The fraction of sp³-hybridized carbons (Fsp3) is 0.333. The number of anilines is 2. The van der Waals surface area contributed by atoms with Gasteiger partial charge in [-0.15, -0.1) is 0 Å². The number of benzene rings is 3. The summed E-state index contributed by atoms with van der Waals surface area (Å²) in [4.78, 5) is 25.4. The van der Waals surface area contributed by atoms with Crippen molar-refractivity contribution in [1.82, 2.24) is 0 Å². The normalized spacial score (nSPS) is 12.5. The fourth-order valence-corrected chi connectivity index (χ4v) is 3.53. The Labute approximate surface area is 208 Å². The summed E-state index contributed by atoms with van der Waals surface area (Å²) in [7, 11) is 0. The number of carbonyl (C=O) groups is 2. The van der Waals surface area contributed by atoms with E-state index >= 15 is 0 Å². The SMILES string of the molecule is C[C@@H](Oc1ccc(C(C)(C)C)cc1)C(=O)Nc1cccc(NC(=O)c2ccc(C(C)(C)C)cc2)c1. The Kier molecular flexibility index (Phi) is 7.69. The van der Waals surface area contributed by atoms with Gasteiger partial charge in [0.2, 0.25) is 0 Å². The van der Waals surface area contributed by atoms with Crippen molar-refractivity contribution in [2.75, 3.05) is 10.6 Å². The maximum Gasteiger partial charge on any atom is 0.265 e. The molecule has 0 aliphatic carbocycles. The number of hydrogen-bond acceptors (Lipinski definition) is 3. The van der Waals surface area contributed by atoms with Gasteiger partial charge in [-0.3, -0.25) is 9.59 Å². The molecule has 0 unspecified atom stereocenters. The summed E-state index contributed by atoms with van der Waals surface area (Å²) in [6.07, 6.45) is -0.685. The molecule has 0 saturated heterocycles. The number of carbonyl (C=O) groups excluding carboxylic acids is 2. The van der Waals surface area contributed by atoms with E-state index in [-0.39, 0.29) is 22.6 Å². The minimum atomic E-state index is -0.685. The van der Waals surface area contributed by atoms with E-state index in [9.17, 15) is 9.59 Å². The molecule has 0 spiro atoms. The van der Waals surface area contributed by atoms with Gasteiger partial charge in [0.15, 0.2) is 6.10 Å². The van der Waals surface area contributed by atoms with Gasteiger partial charge >= 0.3 is 0 Å². The topological polar surface area (TPSA) is 67.4 Å². The minimum absolute atomic E-state index is 0.0261. The van der Waals surface area contributed by atoms with Crippen LogP contribution in [0.15, 0.2) is 72.8 Å². The zero-order valence-corrected chi connectivity index (χ0v) is 21.7. The molecule has 0 aromatic heterocycles. The van der Waals surface area contributed by atoms with Crippen LogP contribution >= 0.6 is 0 Å². The highest BCUT2D eigenvalue weighted by molar-refractivity contribution is 6.04. The second kappa shape index (κ2) is 10.3. The number of ether oxygens (including phenoxy) is 1. The van der Waals surface area contributed by atoms with E-state index in [0.717, 1.165) is 0 Å². The molecule has 1 atom stereocenters. The van der Waals surface area contributed by atoms with Crippen LogP contribution in [0.25, 0.3) is 0 Å². The molecule has 3 rings (SSSR count). The number of amides is 2. The fourth-order valence-electron chi connectivity index (χ4n) is 3.53. The van der Waals surface area contributed by atoms with Gasteiger partial charge in [0.25, 0.3) is 11.8 Å². The van der Waals surface area contributed by atoms with Crippen LogP contribution < -0.4 is 15.4 Å². The summed E-state index contributed by atoms with van der Waals surface area (Å²) >= 11 is 0. The van der Waals surface area contributed by atoms with Crippen molar-refractivity contribution >= 4 is 23.2 Å². The van der Waals surface area contributed by atoms with Crippen LogP contribution in [0.1, 0.15) is 70.0 Å². The molecule has 5 nitrogen and oxygen atoms in total. The largest absolute Gasteiger partial charge is 0.481 e. The first-order valence-electron chi connectivity index (χ1n) is 11.9. The van der Waals surface area contributed by atoms with Crippen molar-refractivity contribution in [1.29, 1.82) is 0 Å². The van der Waals surface area contributed by atoms with Gasteiger partial charge in [0.1, 0.15) is 5.75 Å². The van der Waals surface area contributed by atoms with E-state index in [0.29, 0.717) is 22.7 Å². The monoisotopic (exact) mass is 472 g/mol. The van der Waals surface area contributed by atoms with E-state index in [1.165, 1.54) is 11.1 Å². The summed E-state index contributed by atoms with van der Waals surface area (Å²) in [5.41, 5.74) is 4.20. The lowest BCUT2D eigenvalue weighted by atomic mass is 9.87. The third-order valence-corrected chi connectivity index (χ3v) is 5.80. The van der Waals surface area contributed by atoms with Crippen LogP contribution in [0.4, 0.5) is 11.4 Å². The first-order valence-corrected chi connectivity index (χ1v) is 11.9. The van der Waals surface area contributed by atoms with Gasteiger partial charge in [-0.25, -0.2) is 0 Å². The maximum atomic E-state index is 12.7. The van der Waals surface area contributed by atoms with Crippen LogP contribution in [0, 0.1) is 0 Å². The van der Waals surface area contributed by atoms with E-state index in [4.69, 9.17) is 4.74 Å². The molecule has 0 aliphatic heterocycles. The highest BCUT2D eigenvalue weighted by Gasteiger charge is 2.18. The molecule has 2 amide bonds. The second-order valence-electron chi connectivity index (χ2n) is 10.9. The Bertz CT molecular complexity index is 1170. The van der Waals surface area contributed by atoms with Crippen LogP contribution in [0.2, 0.25) is 0 Å². The molecule has 0 heterocycles. The molecule has 0 fully saturated rings. The lowest BCUT2D eigenvalue weighted by Crippen LogP contribution is -2.30. The van der Waals surface area contributed by atoms with Crippen molar-refractivity contribution in [3.05, 3.63) is 89.5 Å². The quantitative estimate of drug-likeness (QED) is 0.408. The Morgan fingerprint density at radius 1 is 0.714 bits per heavy atom. The Balaban J connectivity index is 1.60. The molecule has 184 valence electrons. The van der Waals surface area contributed by atoms with Gasteiger partial charge in [-0.1, -0.05) is 71.9 Å². The van der Waals surface area contributed by atoms with Gasteiger partial charge in [-0.2, -0.15) is 0 Å². The Morgan fingerprint density at radius 2 is 1.20 bits per heavy atom. The Morgan fingerprint density at radius 3 is 1.71 bits per heavy atom. The molecule has 0 radical (unpaired) electrons. The molecule has 0 saturated carbocycles. The number of rotatable bonds is 6. The molecule has 2 N–H and O–H groups in total. The number of hydrogen-bond donors (Lipinski definition) is 2. The van der Waals surface area contributed by atoms with E-state index < -0.39 is 6.10 Å². The molecule has 3 aromatic carbocycles. The van der Waals surface area contributed by atoms with Crippen LogP contribution in [0.3, 0.4) is 0 Å². The van der Waals surface area contributed by atoms with Gasteiger partial charge in [0, 0.05) is 16.9 Å². The van der Waals surface area contributed by atoms with Crippen LogP contribution in [0.5, 0.6) is 5.75 Å². The highest BCUT2D eigenvalue weighted by Crippen LogP contribution is 2.25. The lowest BCUT2D eigenvalue weighted by Gasteiger charge is -2.20. The lowest BCUT2D eigenvalue weighted by molar-refractivity contribution is -0.122. The molecule has 5 heteroatoms. The third-order valence-electron chi connectivity index (χ3n) is 5.80. The van der Waals surface area contributed by atoms with Crippen molar-refractivity contribution < 1.29 is 14.3 Å². The van der Waals surface area contributed by atoms with E-state index in [1.54, 1.807) is 31.2 Å². The predicted octanol–water partition coefficient (Wildman–Crippen LogP) is 6.94. The van der Waals surface area contributed by atoms with Crippen molar-refractivity contribution in [3.8, 4) is 5.75 Å².